The maximum atomic E-state index is 4.18. The lowest BCUT2D eigenvalue weighted by molar-refractivity contribution is 0.711. The summed E-state index contributed by atoms with van der Waals surface area (Å²) in [7, 11) is 0. The predicted molar refractivity (Wildman–Crippen MR) is 60.5 cm³/mol. The van der Waals surface area contributed by atoms with E-state index >= 15 is 0 Å². The van der Waals surface area contributed by atoms with E-state index in [9.17, 15) is 0 Å². The Kier molecular flexibility index (Phi) is 2.88. The fraction of sp³-hybridized carbons (Fsp3) is 0.111. The number of hydrogen-bond acceptors (Lipinski definition) is 3. The first-order valence-electron chi connectivity index (χ1n) is 4.07. The zero-order valence-electron chi connectivity index (χ0n) is 7.26. The number of hydrogen-bond donors (Lipinski definition) is 1. The lowest BCUT2D eigenvalue weighted by Gasteiger charge is -2.03. The normalized spacial score (nSPS) is 10.4. The first-order chi connectivity index (χ1) is 6.75. The Morgan fingerprint density at radius 2 is 2.00 bits per heavy atom. The first kappa shape index (κ1) is 9.73. The summed E-state index contributed by atoms with van der Waals surface area (Å²) in [4.78, 5) is 0. The van der Waals surface area contributed by atoms with Gasteiger partial charge in [-0.3, -0.25) is 0 Å². The third-order valence-corrected chi connectivity index (χ3v) is 2.74. The number of thiol groups is 1. The lowest BCUT2D eigenvalue weighted by Crippen LogP contribution is -1.98. The van der Waals surface area contributed by atoms with E-state index < -0.39 is 0 Å². The number of halogens is 1. The number of rotatable bonds is 2. The van der Waals surface area contributed by atoms with Gasteiger partial charge in [0.15, 0.2) is 5.16 Å². The summed E-state index contributed by atoms with van der Waals surface area (Å²) < 4.78 is 2.96. The van der Waals surface area contributed by atoms with Crippen molar-refractivity contribution in [3.05, 3.63) is 40.6 Å². The van der Waals surface area contributed by atoms with Gasteiger partial charge in [0.2, 0.25) is 0 Å². The SMILES string of the molecule is Sc1nncn1Cc1ccc(Br)cc1. The quantitative estimate of drug-likeness (QED) is 0.849. The zero-order chi connectivity index (χ0) is 9.97. The molecule has 72 valence electrons. The molecule has 1 aromatic heterocycles. The van der Waals surface area contributed by atoms with E-state index in [0.717, 1.165) is 11.0 Å². The molecule has 0 saturated carbocycles. The maximum absolute atomic E-state index is 4.18. The Bertz CT molecular complexity index is 424. The summed E-state index contributed by atoms with van der Waals surface area (Å²) in [5, 5.41) is 8.19. The topological polar surface area (TPSA) is 30.7 Å². The van der Waals surface area contributed by atoms with Crippen LogP contribution in [0.2, 0.25) is 0 Å². The van der Waals surface area contributed by atoms with Gasteiger partial charge in [-0.2, -0.15) is 0 Å². The van der Waals surface area contributed by atoms with E-state index in [4.69, 9.17) is 0 Å². The van der Waals surface area contributed by atoms with Crippen LogP contribution in [0.15, 0.2) is 40.2 Å². The fourth-order valence-electron chi connectivity index (χ4n) is 1.15. The van der Waals surface area contributed by atoms with Gasteiger partial charge in [-0.05, 0) is 17.7 Å². The van der Waals surface area contributed by atoms with Crippen molar-refractivity contribution in [2.75, 3.05) is 0 Å². The third kappa shape index (κ3) is 2.16. The van der Waals surface area contributed by atoms with Crippen LogP contribution in [0.4, 0.5) is 0 Å². The second-order valence-electron chi connectivity index (χ2n) is 2.89. The maximum Gasteiger partial charge on any atom is 0.188 e. The lowest BCUT2D eigenvalue weighted by atomic mass is 10.2. The van der Waals surface area contributed by atoms with E-state index in [1.54, 1.807) is 6.33 Å². The van der Waals surface area contributed by atoms with Gasteiger partial charge in [0.05, 0.1) is 6.54 Å². The molecule has 0 N–H and O–H groups in total. The highest BCUT2D eigenvalue weighted by atomic mass is 79.9. The van der Waals surface area contributed by atoms with Crippen LogP contribution in [0.1, 0.15) is 5.56 Å². The molecule has 0 spiro atoms. The summed E-state index contributed by atoms with van der Waals surface area (Å²) in [6, 6.07) is 8.13. The molecule has 14 heavy (non-hydrogen) atoms. The Morgan fingerprint density at radius 3 is 2.57 bits per heavy atom. The molecule has 2 rings (SSSR count). The molecule has 0 bridgehead atoms. The van der Waals surface area contributed by atoms with Crippen LogP contribution in [0.25, 0.3) is 0 Å². The van der Waals surface area contributed by atoms with Crippen molar-refractivity contribution in [2.45, 2.75) is 11.7 Å². The van der Waals surface area contributed by atoms with Gasteiger partial charge >= 0.3 is 0 Å². The minimum atomic E-state index is 0.632. The average molecular weight is 270 g/mol. The van der Waals surface area contributed by atoms with Gasteiger partial charge in [-0.1, -0.05) is 28.1 Å². The zero-order valence-corrected chi connectivity index (χ0v) is 9.74. The van der Waals surface area contributed by atoms with Crippen LogP contribution in [0, 0.1) is 0 Å². The highest BCUT2D eigenvalue weighted by Crippen LogP contribution is 2.12. The summed E-state index contributed by atoms with van der Waals surface area (Å²) in [6.07, 6.45) is 1.67. The summed E-state index contributed by atoms with van der Waals surface area (Å²) in [5.41, 5.74) is 1.20. The van der Waals surface area contributed by atoms with Crippen LogP contribution in [-0.4, -0.2) is 14.8 Å². The van der Waals surface area contributed by atoms with Gasteiger partial charge < -0.3 is 4.57 Å². The molecule has 0 aliphatic heterocycles. The molecule has 3 nitrogen and oxygen atoms in total. The van der Waals surface area contributed by atoms with Crippen molar-refractivity contribution in [1.29, 1.82) is 0 Å². The number of nitrogens with zero attached hydrogens (tertiary/aromatic N) is 3. The number of aromatic nitrogens is 3. The van der Waals surface area contributed by atoms with Crippen LogP contribution in [0.3, 0.4) is 0 Å². The van der Waals surface area contributed by atoms with Crippen molar-refractivity contribution in [3.63, 3.8) is 0 Å². The van der Waals surface area contributed by atoms with Crippen LogP contribution in [0.5, 0.6) is 0 Å². The molecule has 0 atom stereocenters. The molecule has 0 fully saturated rings. The fourth-order valence-corrected chi connectivity index (χ4v) is 1.59. The highest BCUT2D eigenvalue weighted by molar-refractivity contribution is 9.10. The molecule has 0 unspecified atom stereocenters. The Labute approximate surface area is 95.7 Å². The number of benzene rings is 1. The molecular formula is C9H8BrN3S. The Balaban J connectivity index is 2.19. The Hall–Kier alpha value is -0.810. The molecule has 2 aromatic rings. The summed E-state index contributed by atoms with van der Waals surface area (Å²) >= 11 is 7.57. The molecule has 5 heteroatoms. The van der Waals surface area contributed by atoms with Crippen molar-refractivity contribution >= 4 is 28.6 Å². The standard InChI is InChI=1S/C9H8BrN3S/c10-8-3-1-7(2-4-8)5-13-6-11-12-9(13)14/h1-4,6H,5H2,(H,12,14). The summed E-state index contributed by atoms with van der Waals surface area (Å²) in [6.45, 7) is 0.749. The van der Waals surface area contributed by atoms with Gasteiger partial charge in [-0.25, -0.2) is 0 Å². The van der Waals surface area contributed by atoms with E-state index in [1.807, 2.05) is 16.7 Å². The van der Waals surface area contributed by atoms with Crippen LogP contribution >= 0.6 is 28.6 Å². The molecule has 0 aliphatic carbocycles. The van der Waals surface area contributed by atoms with Gasteiger partial charge in [0.1, 0.15) is 6.33 Å². The third-order valence-electron chi connectivity index (χ3n) is 1.86. The van der Waals surface area contributed by atoms with Crippen molar-refractivity contribution in [1.82, 2.24) is 14.8 Å². The van der Waals surface area contributed by atoms with E-state index in [2.05, 4.69) is 50.9 Å². The second-order valence-corrected chi connectivity index (χ2v) is 4.20. The first-order valence-corrected chi connectivity index (χ1v) is 5.31. The minimum Gasteiger partial charge on any atom is -0.304 e. The molecule has 1 heterocycles. The highest BCUT2D eigenvalue weighted by Gasteiger charge is 1.99. The van der Waals surface area contributed by atoms with Crippen molar-refractivity contribution in [2.24, 2.45) is 0 Å². The average Bonchev–Trinajstić information content (AvgIpc) is 2.56. The van der Waals surface area contributed by atoms with Gasteiger partial charge in [0, 0.05) is 4.47 Å². The van der Waals surface area contributed by atoms with Gasteiger partial charge in [-0.15, -0.1) is 22.8 Å². The summed E-state index contributed by atoms with van der Waals surface area (Å²) in [5.74, 6) is 0. The van der Waals surface area contributed by atoms with Crippen molar-refractivity contribution in [3.8, 4) is 0 Å². The Morgan fingerprint density at radius 1 is 1.29 bits per heavy atom. The molecule has 0 aliphatic rings. The van der Waals surface area contributed by atoms with E-state index in [-0.39, 0.29) is 0 Å². The molecule has 0 saturated heterocycles. The predicted octanol–water partition coefficient (Wildman–Crippen LogP) is 2.38. The molecule has 0 radical (unpaired) electrons. The van der Waals surface area contributed by atoms with E-state index in [0.29, 0.717) is 5.16 Å². The largest absolute Gasteiger partial charge is 0.304 e. The molecule has 1 aromatic carbocycles. The van der Waals surface area contributed by atoms with Gasteiger partial charge in [0.25, 0.3) is 0 Å². The smallest absolute Gasteiger partial charge is 0.188 e. The molecule has 0 amide bonds. The van der Waals surface area contributed by atoms with Crippen LogP contribution < -0.4 is 0 Å². The second kappa shape index (κ2) is 4.14. The monoisotopic (exact) mass is 269 g/mol. The van der Waals surface area contributed by atoms with E-state index in [1.165, 1.54) is 5.56 Å². The minimum absolute atomic E-state index is 0.632. The van der Waals surface area contributed by atoms with Crippen molar-refractivity contribution < 1.29 is 0 Å². The molecular weight excluding hydrogens is 262 g/mol. The van der Waals surface area contributed by atoms with Crippen LogP contribution in [-0.2, 0) is 6.54 Å².